The Balaban J connectivity index is 2.27. The van der Waals surface area contributed by atoms with E-state index in [0.717, 1.165) is 6.42 Å². The van der Waals surface area contributed by atoms with Gasteiger partial charge in [0.1, 0.15) is 6.04 Å². The van der Waals surface area contributed by atoms with Gasteiger partial charge in [0.25, 0.3) is 0 Å². The molecule has 1 heterocycles. The first kappa shape index (κ1) is 7.54. The van der Waals surface area contributed by atoms with Gasteiger partial charge in [0, 0.05) is 0 Å². The van der Waals surface area contributed by atoms with E-state index in [1.54, 1.807) is 0 Å². The van der Waals surface area contributed by atoms with Gasteiger partial charge in [-0.3, -0.25) is 4.79 Å². The normalized spacial score (nSPS) is 31.8. The molecule has 2 atom stereocenters. The first-order chi connectivity index (χ1) is 4.61. The van der Waals surface area contributed by atoms with Crippen molar-refractivity contribution < 1.29 is 4.79 Å². The van der Waals surface area contributed by atoms with E-state index >= 15 is 0 Å². The van der Waals surface area contributed by atoms with Crippen molar-refractivity contribution in [1.82, 2.24) is 5.32 Å². The number of β-lactam (4-membered cyclic amide) rings is 1. The molecule has 0 bridgehead atoms. The van der Waals surface area contributed by atoms with Gasteiger partial charge in [-0.05, 0) is 12.3 Å². The van der Waals surface area contributed by atoms with Crippen molar-refractivity contribution >= 4 is 5.91 Å². The van der Waals surface area contributed by atoms with Gasteiger partial charge in [-0.15, -0.1) is 0 Å². The SMILES string of the molecule is CC(C)C[C@H]1NC(=O)[C@@H]1N. The standard InChI is InChI=1S/C7H14N2O/c1-4(2)3-5-6(8)7(10)9-5/h4-6H,3,8H2,1-2H3,(H,9,10)/t5-,6-/m1/s1. The predicted molar refractivity (Wildman–Crippen MR) is 39.4 cm³/mol. The van der Waals surface area contributed by atoms with Crippen LogP contribution in [-0.4, -0.2) is 18.0 Å². The van der Waals surface area contributed by atoms with Crippen molar-refractivity contribution in [1.29, 1.82) is 0 Å². The molecule has 1 aliphatic rings. The van der Waals surface area contributed by atoms with Gasteiger partial charge in [0.05, 0.1) is 6.04 Å². The van der Waals surface area contributed by atoms with Gasteiger partial charge < -0.3 is 11.1 Å². The minimum Gasteiger partial charge on any atom is -0.350 e. The zero-order valence-corrected chi connectivity index (χ0v) is 6.42. The highest BCUT2D eigenvalue weighted by atomic mass is 16.2. The van der Waals surface area contributed by atoms with Crippen LogP contribution in [0.15, 0.2) is 0 Å². The Morgan fingerprint density at radius 3 is 2.60 bits per heavy atom. The first-order valence-corrected chi connectivity index (χ1v) is 3.67. The number of hydrogen-bond acceptors (Lipinski definition) is 2. The summed E-state index contributed by atoms with van der Waals surface area (Å²) < 4.78 is 0. The zero-order valence-electron chi connectivity index (χ0n) is 6.42. The minimum atomic E-state index is -0.248. The topological polar surface area (TPSA) is 55.1 Å². The van der Waals surface area contributed by atoms with Crippen LogP contribution in [0.4, 0.5) is 0 Å². The molecule has 0 aromatic heterocycles. The molecule has 3 heteroatoms. The van der Waals surface area contributed by atoms with E-state index in [0.29, 0.717) is 5.92 Å². The van der Waals surface area contributed by atoms with Crippen LogP contribution in [0.25, 0.3) is 0 Å². The lowest BCUT2D eigenvalue weighted by Gasteiger charge is -2.34. The fraction of sp³-hybridized carbons (Fsp3) is 0.857. The van der Waals surface area contributed by atoms with Crippen molar-refractivity contribution in [3.05, 3.63) is 0 Å². The average Bonchev–Trinajstić information content (AvgIpc) is 1.86. The molecule has 1 saturated heterocycles. The Kier molecular flexibility index (Phi) is 1.94. The number of amides is 1. The number of nitrogens with two attached hydrogens (primary N) is 1. The summed E-state index contributed by atoms with van der Waals surface area (Å²) in [6.07, 6.45) is 0.993. The van der Waals surface area contributed by atoms with Crippen LogP contribution < -0.4 is 11.1 Å². The third kappa shape index (κ3) is 1.29. The van der Waals surface area contributed by atoms with E-state index < -0.39 is 0 Å². The highest BCUT2D eigenvalue weighted by molar-refractivity contribution is 5.88. The molecule has 0 unspecified atom stereocenters. The number of rotatable bonds is 2. The Labute approximate surface area is 61.0 Å². The largest absolute Gasteiger partial charge is 0.350 e. The molecule has 1 amide bonds. The number of carbonyl (C=O) groups is 1. The van der Waals surface area contributed by atoms with Crippen LogP contribution in [-0.2, 0) is 4.79 Å². The quantitative estimate of drug-likeness (QED) is 0.527. The monoisotopic (exact) mass is 142 g/mol. The van der Waals surface area contributed by atoms with Crippen LogP contribution in [0.1, 0.15) is 20.3 Å². The molecule has 1 fully saturated rings. The lowest BCUT2D eigenvalue weighted by molar-refractivity contribution is -0.130. The van der Waals surface area contributed by atoms with E-state index in [9.17, 15) is 4.79 Å². The van der Waals surface area contributed by atoms with Crippen LogP contribution in [0, 0.1) is 5.92 Å². The summed E-state index contributed by atoms with van der Waals surface area (Å²) in [6.45, 7) is 4.24. The van der Waals surface area contributed by atoms with Gasteiger partial charge in [0.2, 0.25) is 5.91 Å². The second kappa shape index (κ2) is 2.58. The maximum Gasteiger partial charge on any atom is 0.239 e. The molecule has 10 heavy (non-hydrogen) atoms. The summed E-state index contributed by atoms with van der Waals surface area (Å²) >= 11 is 0. The molecule has 0 spiro atoms. The lowest BCUT2D eigenvalue weighted by atomic mass is 9.91. The van der Waals surface area contributed by atoms with Crippen molar-refractivity contribution in [3.63, 3.8) is 0 Å². The Morgan fingerprint density at radius 2 is 2.30 bits per heavy atom. The third-order valence-electron chi connectivity index (χ3n) is 1.79. The van der Waals surface area contributed by atoms with E-state index in [-0.39, 0.29) is 18.0 Å². The smallest absolute Gasteiger partial charge is 0.239 e. The number of carbonyl (C=O) groups excluding carboxylic acids is 1. The second-order valence-corrected chi connectivity index (χ2v) is 3.27. The molecule has 1 rings (SSSR count). The van der Waals surface area contributed by atoms with Gasteiger partial charge in [-0.25, -0.2) is 0 Å². The highest BCUT2D eigenvalue weighted by Crippen LogP contribution is 2.13. The fourth-order valence-corrected chi connectivity index (χ4v) is 1.17. The molecule has 0 aromatic carbocycles. The Hall–Kier alpha value is -0.570. The Morgan fingerprint density at radius 1 is 1.70 bits per heavy atom. The molecule has 0 aliphatic carbocycles. The number of hydrogen-bond donors (Lipinski definition) is 2. The molecular formula is C7H14N2O. The zero-order chi connectivity index (χ0) is 7.72. The Bertz CT molecular complexity index is 145. The lowest BCUT2D eigenvalue weighted by Crippen LogP contribution is -2.66. The van der Waals surface area contributed by atoms with Gasteiger partial charge in [0.15, 0.2) is 0 Å². The van der Waals surface area contributed by atoms with E-state index in [2.05, 4.69) is 19.2 Å². The highest BCUT2D eigenvalue weighted by Gasteiger charge is 2.35. The molecule has 0 aromatic rings. The van der Waals surface area contributed by atoms with Gasteiger partial charge in [-0.1, -0.05) is 13.8 Å². The summed E-state index contributed by atoms with van der Waals surface area (Å²) in [4.78, 5) is 10.6. The van der Waals surface area contributed by atoms with Crippen molar-refractivity contribution in [2.45, 2.75) is 32.4 Å². The molecule has 3 N–H and O–H groups in total. The van der Waals surface area contributed by atoms with E-state index in [1.807, 2.05) is 0 Å². The number of nitrogens with one attached hydrogen (secondary N) is 1. The van der Waals surface area contributed by atoms with E-state index in [4.69, 9.17) is 5.73 Å². The molecule has 0 saturated carbocycles. The van der Waals surface area contributed by atoms with Crippen molar-refractivity contribution in [3.8, 4) is 0 Å². The average molecular weight is 142 g/mol. The summed E-state index contributed by atoms with van der Waals surface area (Å²) in [6, 6.07) is -0.0186. The molecular weight excluding hydrogens is 128 g/mol. The fourth-order valence-electron chi connectivity index (χ4n) is 1.17. The molecule has 0 radical (unpaired) electrons. The third-order valence-corrected chi connectivity index (χ3v) is 1.79. The van der Waals surface area contributed by atoms with Gasteiger partial charge in [-0.2, -0.15) is 0 Å². The van der Waals surface area contributed by atoms with Crippen LogP contribution >= 0.6 is 0 Å². The molecule has 1 aliphatic heterocycles. The summed E-state index contributed by atoms with van der Waals surface area (Å²) in [5, 5.41) is 2.76. The predicted octanol–water partition coefficient (Wildman–Crippen LogP) is -0.142. The molecule has 58 valence electrons. The van der Waals surface area contributed by atoms with Crippen LogP contribution in [0.5, 0.6) is 0 Å². The minimum absolute atomic E-state index is 0.00866. The maximum atomic E-state index is 10.6. The van der Waals surface area contributed by atoms with Crippen LogP contribution in [0.3, 0.4) is 0 Å². The summed E-state index contributed by atoms with van der Waals surface area (Å²) in [7, 11) is 0. The maximum absolute atomic E-state index is 10.6. The molecule has 3 nitrogen and oxygen atoms in total. The van der Waals surface area contributed by atoms with Crippen molar-refractivity contribution in [2.24, 2.45) is 11.7 Å². The van der Waals surface area contributed by atoms with Gasteiger partial charge >= 0.3 is 0 Å². The summed E-state index contributed by atoms with van der Waals surface area (Å²) in [5.41, 5.74) is 5.50. The van der Waals surface area contributed by atoms with Crippen molar-refractivity contribution in [2.75, 3.05) is 0 Å². The van der Waals surface area contributed by atoms with Crippen LogP contribution in [0.2, 0.25) is 0 Å². The second-order valence-electron chi connectivity index (χ2n) is 3.27. The first-order valence-electron chi connectivity index (χ1n) is 3.67. The van der Waals surface area contributed by atoms with E-state index in [1.165, 1.54) is 0 Å². The summed E-state index contributed by atoms with van der Waals surface area (Å²) in [5.74, 6) is 0.599.